The van der Waals surface area contributed by atoms with Crippen LogP contribution in [0.1, 0.15) is 36.6 Å². The Hall–Kier alpha value is -1.40. The van der Waals surface area contributed by atoms with Gasteiger partial charge in [0, 0.05) is 18.0 Å². The van der Waals surface area contributed by atoms with Crippen molar-refractivity contribution in [3.05, 3.63) is 21.9 Å². The van der Waals surface area contributed by atoms with E-state index >= 15 is 0 Å². The minimum Gasteiger partial charge on any atom is -0.368 e. The molecule has 1 aromatic rings. The van der Waals surface area contributed by atoms with E-state index in [2.05, 4.69) is 11.4 Å². The van der Waals surface area contributed by atoms with Crippen LogP contribution in [-0.4, -0.2) is 46.8 Å². The molecule has 2 aliphatic rings. The van der Waals surface area contributed by atoms with Crippen molar-refractivity contribution in [2.45, 2.75) is 44.7 Å². The second-order valence-electron chi connectivity index (χ2n) is 6.45. The summed E-state index contributed by atoms with van der Waals surface area (Å²) >= 11 is 1.77. The molecule has 6 heteroatoms. The first-order chi connectivity index (χ1) is 10.5. The number of amides is 2. The van der Waals surface area contributed by atoms with Gasteiger partial charge >= 0.3 is 0 Å². The summed E-state index contributed by atoms with van der Waals surface area (Å²) in [4.78, 5) is 29.8. The van der Waals surface area contributed by atoms with E-state index in [4.69, 9.17) is 5.73 Å². The van der Waals surface area contributed by atoms with Crippen LogP contribution in [0.4, 0.5) is 0 Å². The highest BCUT2D eigenvalue weighted by Gasteiger charge is 2.41. The topological polar surface area (TPSA) is 66.6 Å². The molecule has 2 aliphatic heterocycles. The number of likely N-dealkylation sites (tertiary alicyclic amines) is 1. The van der Waals surface area contributed by atoms with Crippen molar-refractivity contribution in [1.82, 2.24) is 9.80 Å². The minimum atomic E-state index is -0.683. The van der Waals surface area contributed by atoms with Crippen LogP contribution < -0.4 is 5.73 Å². The number of piperidine rings is 1. The number of rotatable bonds is 3. The van der Waals surface area contributed by atoms with Crippen LogP contribution in [0.3, 0.4) is 0 Å². The van der Waals surface area contributed by atoms with Crippen molar-refractivity contribution in [3.8, 4) is 0 Å². The van der Waals surface area contributed by atoms with Crippen molar-refractivity contribution in [2.24, 2.45) is 5.73 Å². The third-order valence-electron chi connectivity index (χ3n) is 5.06. The number of hydrogen-bond donors (Lipinski definition) is 1. The molecular formula is C16H23N3O2S. The van der Waals surface area contributed by atoms with Crippen LogP contribution in [0.25, 0.3) is 0 Å². The fourth-order valence-corrected chi connectivity index (χ4v) is 4.32. The van der Waals surface area contributed by atoms with Crippen molar-refractivity contribution < 1.29 is 9.59 Å². The maximum absolute atomic E-state index is 12.6. The monoisotopic (exact) mass is 321 g/mol. The van der Waals surface area contributed by atoms with Crippen molar-refractivity contribution in [3.63, 3.8) is 0 Å². The van der Waals surface area contributed by atoms with Crippen LogP contribution in [0.2, 0.25) is 0 Å². The number of carbonyl (C=O) groups excluding carboxylic acids is 2. The Bertz CT molecular complexity index is 586. The highest BCUT2D eigenvalue weighted by Crippen LogP contribution is 2.28. The van der Waals surface area contributed by atoms with Gasteiger partial charge in [-0.25, -0.2) is 0 Å². The van der Waals surface area contributed by atoms with Gasteiger partial charge in [0.2, 0.25) is 11.8 Å². The summed E-state index contributed by atoms with van der Waals surface area (Å²) in [5.41, 5.74) is 6.17. The third kappa shape index (κ3) is 2.77. The Balaban J connectivity index is 1.67. The van der Waals surface area contributed by atoms with Gasteiger partial charge in [0.1, 0.15) is 0 Å². The molecule has 1 atom stereocenters. The van der Waals surface area contributed by atoms with Crippen LogP contribution in [0.5, 0.6) is 0 Å². The van der Waals surface area contributed by atoms with Gasteiger partial charge < -0.3 is 10.6 Å². The van der Waals surface area contributed by atoms with Gasteiger partial charge in [0.15, 0.2) is 0 Å². The standard InChI is InChI=1S/C16H23N3O2S/c1-16(15(17)21)6-2-3-7-19(16)11-14(20)18-8-4-13-12(10-18)5-9-22-13/h5,9H,2-4,6-8,10-11H2,1H3,(H2,17,21)/t16-/m0/s1. The van der Waals surface area contributed by atoms with E-state index < -0.39 is 5.54 Å². The summed E-state index contributed by atoms with van der Waals surface area (Å²) < 4.78 is 0. The molecule has 120 valence electrons. The van der Waals surface area contributed by atoms with E-state index in [1.807, 2.05) is 16.7 Å². The number of fused-ring (bicyclic) bond motifs is 1. The highest BCUT2D eigenvalue weighted by atomic mass is 32.1. The molecule has 3 heterocycles. The first-order valence-electron chi connectivity index (χ1n) is 7.89. The first kappa shape index (κ1) is 15.5. The molecule has 1 fully saturated rings. The Morgan fingerprint density at radius 2 is 2.18 bits per heavy atom. The predicted octanol–water partition coefficient (Wildman–Crippen LogP) is 1.36. The minimum absolute atomic E-state index is 0.103. The van der Waals surface area contributed by atoms with Crippen molar-refractivity contribution in [2.75, 3.05) is 19.6 Å². The Kier molecular flexibility index (Phi) is 4.23. The lowest BCUT2D eigenvalue weighted by Crippen LogP contribution is -2.60. The molecule has 3 rings (SSSR count). The molecule has 0 unspecified atom stereocenters. The Labute approximate surface area is 135 Å². The largest absolute Gasteiger partial charge is 0.368 e. The quantitative estimate of drug-likeness (QED) is 0.914. The number of thiophene rings is 1. The molecule has 0 radical (unpaired) electrons. The third-order valence-corrected chi connectivity index (χ3v) is 6.08. The summed E-state index contributed by atoms with van der Waals surface area (Å²) in [7, 11) is 0. The first-order valence-corrected chi connectivity index (χ1v) is 8.76. The normalized spacial score (nSPS) is 25.8. The van der Waals surface area contributed by atoms with Gasteiger partial charge in [0.25, 0.3) is 0 Å². The molecule has 0 spiro atoms. The molecule has 5 nitrogen and oxygen atoms in total. The van der Waals surface area contributed by atoms with Crippen molar-refractivity contribution in [1.29, 1.82) is 0 Å². The van der Waals surface area contributed by atoms with Gasteiger partial charge in [-0.15, -0.1) is 11.3 Å². The Morgan fingerprint density at radius 1 is 1.36 bits per heavy atom. The summed E-state index contributed by atoms with van der Waals surface area (Å²) in [6, 6.07) is 2.11. The molecule has 2 amide bonds. The fraction of sp³-hybridized carbons (Fsp3) is 0.625. The van der Waals surface area contributed by atoms with Crippen LogP contribution in [-0.2, 0) is 22.6 Å². The number of primary amides is 1. The zero-order valence-corrected chi connectivity index (χ0v) is 13.8. The number of carbonyl (C=O) groups is 2. The van der Waals surface area contributed by atoms with Crippen LogP contribution in [0.15, 0.2) is 11.4 Å². The van der Waals surface area contributed by atoms with E-state index in [1.54, 1.807) is 11.3 Å². The molecule has 0 bridgehead atoms. The lowest BCUT2D eigenvalue weighted by atomic mass is 9.87. The molecule has 0 aromatic carbocycles. The predicted molar refractivity (Wildman–Crippen MR) is 86.5 cm³/mol. The van der Waals surface area contributed by atoms with E-state index in [1.165, 1.54) is 10.4 Å². The van der Waals surface area contributed by atoms with E-state index in [-0.39, 0.29) is 11.8 Å². The van der Waals surface area contributed by atoms with Crippen LogP contribution in [0, 0.1) is 0 Å². The van der Waals surface area contributed by atoms with Gasteiger partial charge in [-0.05, 0) is 56.2 Å². The SMILES string of the molecule is C[C@@]1(C(N)=O)CCCCN1CC(=O)N1CCc2sccc2C1. The summed E-state index contributed by atoms with van der Waals surface area (Å²) in [5, 5.41) is 2.09. The van der Waals surface area contributed by atoms with E-state index in [9.17, 15) is 9.59 Å². The molecule has 2 N–H and O–H groups in total. The average Bonchev–Trinajstić information content (AvgIpc) is 2.96. The zero-order chi connectivity index (χ0) is 15.7. The second-order valence-corrected chi connectivity index (χ2v) is 7.45. The summed E-state index contributed by atoms with van der Waals surface area (Å²) in [6.07, 6.45) is 3.69. The zero-order valence-electron chi connectivity index (χ0n) is 13.0. The number of nitrogens with two attached hydrogens (primary N) is 1. The van der Waals surface area contributed by atoms with Gasteiger partial charge in [-0.2, -0.15) is 0 Å². The number of hydrogen-bond acceptors (Lipinski definition) is 4. The fourth-order valence-electron chi connectivity index (χ4n) is 3.43. The lowest BCUT2D eigenvalue weighted by Gasteiger charge is -2.43. The number of nitrogens with zero attached hydrogens (tertiary/aromatic N) is 2. The molecule has 22 heavy (non-hydrogen) atoms. The van der Waals surface area contributed by atoms with Crippen LogP contribution >= 0.6 is 11.3 Å². The molecule has 0 saturated carbocycles. The average molecular weight is 321 g/mol. The van der Waals surface area contributed by atoms with E-state index in [0.717, 1.165) is 38.8 Å². The highest BCUT2D eigenvalue weighted by molar-refractivity contribution is 7.10. The molecular weight excluding hydrogens is 298 g/mol. The Morgan fingerprint density at radius 3 is 2.95 bits per heavy atom. The van der Waals surface area contributed by atoms with Gasteiger partial charge in [0.05, 0.1) is 12.1 Å². The smallest absolute Gasteiger partial charge is 0.237 e. The molecule has 1 aromatic heterocycles. The summed E-state index contributed by atoms with van der Waals surface area (Å²) in [5.74, 6) is -0.218. The second kappa shape index (κ2) is 6.01. The molecule has 0 aliphatic carbocycles. The van der Waals surface area contributed by atoms with Gasteiger partial charge in [-0.3, -0.25) is 14.5 Å². The maximum Gasteiger partial charge on any atom is 0.237 e. The van der Waals surface area contributed by atoms with Gasteiger partial charge in [-0.1, -0.05) is 0 Å². The maximum atomic E-state index is 12.6. The van der Waals surface area contributed by atoms with Crippen molar-refractivity contribution >= 4 is 23.2 Å². The lowest BCUT2D eigenvalue weighted by molar-refractivity contribution is -0.140. The van der Waals surface area contributed by atoms with E-state index in [0.29, 0.717) is 13.1 Å². The molecule has 1 saturated heterocycles. The summed E-state index contributed by atoms with van der Waals surface area (Å²) in [6.45, 7) is 4.39.